The molecule has 0 saturated carbocycles. The van der Waals surface area contributed by atoms with Crippen molar-refractivity contribution in [2.24, 2.45) is 0 Å². The molecule has 1 heterocycles. The van der Waals surface area contributed by atoms with Gasteiger partial charge in [0.25, 0.3) is 11.8 Å². The van der Waals surface area contributed by atoms with E-state index in [0.717, 1.165) is 5.56 Å². The lowest BCUT2D eigenvalue weighted by molar-refractivity contribution is -0.136. The van der Waals surface area contributed by atoms with E-state index in [2.05, 4.69) is 0 Å². The smallest absolute Gasteiger partial charge is 0.253 e. The van der Waals surface area contributed by atoms with Crippen molar-refractivity contribution in [1.82, 2.24) is 4.90 Å². The van der Waals surface area contributed by atoms with Gasteiger partial charge in [-0.25, -0.2) is 0 Å². The number of aromatic hydroxyl groups is 1. The normalized spacial score (nSPS) is 14.4. The quantitative estimate of drug-likeness (QED) is 0.802. The summed E-state index contributed by atoms with van der Waals surface area (Å²) in [6, 6.07) is 4.95. The minimum absolute atomic E-state index is 0.0660. The molecular formula is C13H13NO4. The van der Waals surface area contributed by atoms with Crippen molar-refractivity contribution in [2.75, 3.05) is 13.7 Å². The average molecular weight is 247 g/mol. The Morgan fingerprint density at radius 1 is 1.22 bits per heavy atom. The Kier molecular flexibility index (Phi) is 3.32. The number of phenolic OH excluding ortho intramolecular Hbond substituents is 1. The van der Waals surface area contributed by atoms with Crippen LogP contribution in [-0.4, -0.2) is 35.5 Å². The summed E-state index contributed by atoms with van der Waals surface area (Å²) in [6.45, 7) is 0.318. The van der Waals surface area contributed by atoms with E-state index in [1.165, 1.54) is 30.2 Å². The summed E-state index contributed by atoms with van der Waals surface area (Å²) in [4.78, 5) is 23.9. The number of carbonyl (C=O) groups excluding carboxylic acids is 2. The molecule has 1 aromatic carbocycles. The highest BCUT2D eigenvalue weighted by Gasteiger charge is 2.22. The summed E-state index contributed by atoms with van der Waals surface area (Å²) < 4.78 is 4.99. The molecule has 1 aromatic rings. The number of hydrogen-bond acceptors (Lipinski definition) is 4. The molecule has 94 valence electrons. The van der Waals surface area contributed by atoms with Crippen LogP contribution in [0.5, 0.6) is 11.5 Å². The van der Waals surface area contributed by atoms with Crippen LogP contribution in [0.1, 0.15) is 5.56 Å². The van der Waals surface area contributed by atoms with Crippen LogP contribution in [0.25, 0.3) is 0 Å². The van der Waals surface area contributed by atoms with Crippen molar-refractivity contribution in [2.45, 2.75) is 6.42 Å². The van der Waals surface area contributed by atoms with E-state index in [1.54, 1.807) is 12.1 Å². The Morgan fingerprint density at radius 2 is 1.89 bits per heavy atom. The van der Waals surface area contributed by atoms with E-state index in [0.29, 0.717) is 18.7 Å². The van der Waals surface area contributed by atoms with Gasteiger partial charge in [0.05, 0.1) is 7.11 Å². The Morgan fingerprint density at radius 3 is 2.50 bits per heavy atom. The topological polar surface area (TPSA) is 66.8 Å². The molecule has 0 aliphatic carbocycles. The van der Waals surface area contributed by atoms with Gasteiger partial charge in [0, 0.05) is 18.7 Å². The summed E-state index contributed by atoms with van der Waals surface area (Å²) in [6.07, 6.45) is 3.05. The fourth-order valence-electron chi connectivity index (χ4n) is 1.77. The Hall–Kier alpha value is -2.30. The lowest BCUT2D eigenvalue weighted by Gasteiger charge is -2.14. The molecule has 0 bridgehead atoms. The van der Waals surface area contributed by atoms with Crippen LogP contribution in [0.3, 0.4) is 0 Å². The first-order valence-electron chi connectivity index (χ1n) is 5.51. The van der Waals surface area contributed by atoms with Crippen molar-refractivity contribution in [3.63, 3.8) is 0 Å². The Bertz CT molecular complexity index is 504. The monoisotopic (exact) mass is 247 g/mol. The van der Waals surface area contributed by atoms with Gasteiger partial charge in [-0.1, -0.05) is 6.07 Å². The largest absolute Gasteiger partial charge is 0.504 e. The van der Waals surface area contributed by atoms with Crippen molar-refractivity contribution in [3.05, 3.63) is 35.9 Å². The predicted molar refractivity (Wildman–Crippen MR) is 64.2 cm³/mol. The van der Waals surface area contributed by atoms with Crippen LogP contribution in [0, 0.1) is 0 Å². The number of nitrogens with zero attached hydrogens (tertiary/aromatic N) is 1. The van der Waals surface area contributed by atoms with Gasteiger partial charge in [0.2, 0.25) is 0 Å². The van der Waals surface area contributed by atoms with Crippen LogP contribution >= 0.6 is 0 Å². The molecule has 1 aliphatic rings. The van der Waals surface area contributed by atoms with Crippen LogP contribution in [-0.2, 0) is 16.0 Å². The van der Waals surface area contributed by atoms with E-state index in [9.17, 15) is 14.7 Å². The number of methoxy groups -OCH3 is 1. The SMILES string of the molecule is COc1cc(CCN2C(=O)C=CC2=O)ccc1O. The zero-order valence-corrected chi connectivity index (χ0v) is 9.92. The fourth-order valence-corrected chi connectivity index (χ4v) is 1.77. The first-order valence-corrected chi connectivity index (χ1v) is 5.51. The van der Waals surface area contributed by atoms with Crippen molar-refractivity contribution >= 4 is 11.8 Å². The van der Waals surface area contributed by atoms with Gasteiger partial charge >= 0.3 is 0 Å². The van der Waals surface area contributed by atoms with E-state index < -0.39 is 0 Å². The van der Waals surface area contributed by atoms with E-state index in [-0.39, 0.29) is 17.6 Å². The van der Waals surface area contributed by atoms with Gasteiger partial charge in [-0.15, -0.1) is 0 Å². The number of rotatable bonds is 4. The predicted octanol–water partition coefficient (Wildman–Crippen LogP) is 0.868. The van der Waals surface area contributed by atoms with E-state index in [1.807, 2.05) is 0 Å². The van der Waals surface area contributed by atoms with Gasteiger partial charge in [0.1, 0.15) is 0 Å². The molecule has 0 atom stereocenters. The van der Waals surface area contributed by atoms with Gasteiger partial charge in [-0.2, -0.15) is 0 Å². The number of hydrogen-bond donors (Lipinski definition) is 1. The number of ether oxygens (including phenoxy) is 1. The third-order valence-corrected chi connectivity index (χ3v) is 2.77. The summed E-state index contributed by atoms with van der Waals surface area (Å²) in [5.41, 5.74) is 0.886. The summed E-state index contributed by atoms with van der Waals surface area (Å²) in [7, 11) is 1.47. The molecule has 18 heavy (non-hydrogen) atoms. The third-order valence-electron chi connectivity index (χ3n) is 2.77. The van der Waals surface area contributed by atoms with Crippen LogP contribution in [0.4, 0.5) is 0 Å². The summed E-state index contributed by atoms with van der Waals surface area (Å²) in [5, 5.41) is 9.45. The highest BCUT2D eigenvalue weighted by atomic mass is 16.5. The minimum Gasteiger partial charge on any atom is -0.504 e. The maximum Gasteiger partial charge on any atom is 0.253 e. The minimum atomic E-state index is -0.286. The number of carbonyl (C=O) groups is 2. The fraction of sp³-hybridized carbons (Fsp3) is 0.231. The number of amides is 2. The molecule has 0 spiro atoms. The van der Waals surface area contributed by atoms with Crippen molar-refractivity contribution in [3.8, 4) is 11.5 Å². The van der Waals surface area contributed by atoms with E-state index in [4.69, 9.17) is 4.74 Å². The Balaban J connectivity index is 2.02. The summed E-state index contributed by atoms with van der Waals surface area (Å²) in [5.74, 6) is -0.127. The molecule has 2 rings (SSSR count). The summed E-state index contributed by atoms with van der Waals surface area (Å²) >= 11 is 0. The number of phenols is 1. The first-order chi connectivity index (χ1) is 8.61. The van der Waals surface area contributed by atoms with Gasteiger partial charge < -0.3 is 9.84 Å². The molecule has 5 nitrogen and oxygen atoms in total. The van der Waals surface area contributed by atoms with Crippen LogP contribution in [0.15, 0.2) is 30.4 Å². The first kappa shape index (κ1) is 12.2. The highest BCUT2D eigenvalue weighted by Crippen LogP contribution is 2.26. The second-order valence-corrected chi connectivity index (χ2v) is 3.92. The van der Waals surface area contributed by atoms with Gasteiger partial charge in [0.15, 0.2) is 11.5 Å². The second kappa shape index (κ2) is 4.91. The number of benzene rings is 1. The van der Waals surface area contributed by atoms with Gasteiger partial charge in [-0.05, 0) is 24.1 Å². The van der Waals surface area contributed by atoms with Crippen LogP contribution in [0.2, 0.25) is 0 Å². The zero-order chi connectivity index (χ0) is 13.1. The van der Waals surface area contributed by atoms with E-state index >= 15 is 0 Å². The molecule has 0 unspecified atom stereocenters. The van der Waals surface area contributed by atoms with Gasteiger partial charge in [-0.3, -0.25) is 14.5 Å². The molecule has 0 fully saturated rings. The molecule has 1 aliphatic heterocycles. The average Bonchev–Trinajstić information content (AvgIpc) is 2.68. The second-order valence-electron chi connectivity index (χ2n) is 3.92. The maximum atomic E-state index is 11.3. The molecule has 2 amide bonds. The maximum absolute atomic E-state index is 11.3. The van der Waals surface area contributed by atoms with Crippen LogP contribution < -0.4 is 4.74 Å². The van der Waals surface area contributed by atoms with Crippen molar-refractivity contribution < 1.29 is 19.4 Å². The standard InChI is InChI=1S/C13H13NO4/c1-18-11-8-9(2-3-10(11)15)6-7-14-12(16)4-5-13(14)17/h2-5,8,15H,6-7H2,1H3. The zero-order valence-electron chi connectivity index (χ0n) is 9.92. The lowest BCUT2D eigenvalue weighted by Crippen LogP contribution is -2.31. The molecule has 0 aromatic heterocycles. The Labute approximate surface area is 104 Å². The molecule has 0 radical (unpaired) electrons. The molecule has 1 N–H and O–H groups in total. The third kappa shape index (κ3) is 2.34. The molecular weight excluding hydrogens is 234 g/mol. The lowest BCUT2D eigenvalue weighted by atomic mass is 10.1. The molecule has 5 heteroatoms. The highest BCUT2D eigenvalue weighted by molar-refractivity contribution is 6.12. The van der Waals surface area contributed by atoms with Crippen molar-refractivity contribution in [1.29, 1.82) is 0 Å². The molecule has 0 saturated heterocycles. The number of imide groups is 1.